The number of Topliss-reactive ketones (excluding diaryl/α,β-unsaturated/α-hetero) is 2. The number of ketones is 2. The summed E-state index contributed by atoms with van der Waals surface area (Å²) in [7, 11) is 0. The van der Waals surface area contributed by atoms with Gasteiger partial charge < -0.3 is 10.6 Å². The number of aromatic nitrogens is 6. The number of anilines is 4. The topological polar surface area (TPSA) is 154 Å². The summed E-state index contributed by atoms with van der Waals surface area (Å²) in [6.07, 6.45) is 3.20. The fraction of sp³-hybridized carbons (Fsp3) is 0.179. The number of halogens is 3. The van der Waals surface area contributed by atoms with Gasteiger partial charge in [-0.1, -0.05) is 59.1 Å². The third kappa shape index (κ3) is 8.74. The van der Waals surface area contributed by atoms with E-state index in [0.29, 0.717) is 57.0 Å². The molecule has 12 nitrogen and oxygen atoms in total. The lowest BCUT2D eigenvalue weighted by atomic mass is 10.0. The summed E-state index contributed by atoms with van der Waals surface area (Å²) in [5.41, 5.74) is 3.78. The molecule has 0 aliphatic heterocycles. The summed E-state index contributed by atoms with van der Waals surface area (Å²) in [5, 5.41) is 16.1. The zero-order valence-corrected chi connectivity index (χ0v) is 32.2. The lowest BCUT2D eigenvalue weighted by molar-refractivity contribution is 0.101. The molecule has 0 saturated carbocycles. The van der Waals surface area contributed by atoms with Gasteiger partial charge in [0.2, 0.25) is 0 Å². The van der Waals surface area contributed by atoms with Gasteiger partial charge in [0.25, 0.3) is 11.1 Å². The number of nitrogens with zero attached hydrogens (tertiary/aromatic N) is 6. The van der Waals surface area contributed by atoms with Crippen LogP contribution in [0, 0.1) is 6.92 Å². The second kappa shape index (κ2) is 17.4. The van der Waals surface area contributed by atoms with Crippen molar-refractivity contribution < 1.29 is 9.59 Å². The van der Waals surface area contributed by atoms with Crippen LogP contribution in [0.3, 0.4) is 0 Å². The second-order valence-electron chi connectivity index (χ2n) is 11.8. The molecule has 0 unspecified atom stereocenters. The maximum Gasteiger partial charge on any atom is 0.291 e. The maximum atomic E-state index is 12.9. The fourth-order valence-corrected chi connectivity index (χ4v) is 6.07. The number of hydrogen-bond donors (Lipinski definition) is 2. The van der Waals surface area contributed by atoms with E-state index in [4.69, 9.17) is 34.8 Å². The van der Waals surface area contributed by atoms with E-state index in [1.807, 2.05) is 26.0 Å². The molecule has 4 heterocycles. The molecular formula is C39H35Cl3N8O4. The number of carbonyl (C=O) groups is 2. The number of hydrogen-bond acceptors (Lipinski definition) is 10. The smallest absolute Gasteiger partial charge is 0.291 e. The Morgan fingerprint density at radius 2 is 1.09 bits per heavy atom. The highest BCUT2D eigenvalue weighted by atomic mass is 35.5. The van der Waals surface area contributed by atoms with E-state index in [1.54, 1.807) is 73.8 Å². The molecule has 0 spiro atoms. The quantitative estimate of drug-likeness (QED) is 0.102. The van der Waals surface area contributed by atoms with Crippen molar-refractivity contribution in [2.24, 2.45) is 0 Å². The molecule has 0 radical (unpaired) electrons. The van der Waals surface area contributed by atoms with Crippen LogP contribution in [0.4, 0.5) is 22.7 Å². The Hall–Kier alpha value is -5.69. The first-order valence-electron chi connectivity index (χ1n) is 16.7. The van der Waals surface area contributed by atoms with Gasteiger partial charge >= 0.3 is 0 Å². The predicted molar refractivity (Wildman–Crippen MR) is 214 cm³/mol. The van der Waals surface area contributed by atoms with Crippen LogP contribution in [0.5, 0.6) is 0 Å². The van der Waals surface area contributed by atoms with Crippen LogP contribution in [0.15, 0.2) is 94.8 Å². The highest BCUT2D eigenvalue weighted by molar-refractivity contribution is 6.32. The fourth-order valence-electron chi connectivity index (χ4n) is 5.53. The number of carbonyl (C=O) groups excluding carboxylic acids is 2. The summed E-state index contributed by atoms with van der Waals surface area (Å²) in [6.45, 7) is 8.95. The first-order valence-corrected chi connectivity index (χ1v) is 17.9. The highest BCUT2D eigenvalue weighted by Gasteiger charge is 2.24. The van der Waals surface area contributed by atoms with Crippen LogP contribution in [-0.4, -0.2) is 41.1 Å². The molecule has 0 amide bonds. The van der Waals surface area contributed by atoms with Gasteiger partial charge in [0.15, 0.2) is 16.7 Å². The van der Waals surface area contributed by atoms with Crippen molar-refractivity contribution in [3.63, 3.8) is 0 Å². The van der Waals surface area contributed by atoms with Gasteiger partial charge in [0.1, 0.15) is 22.8 Å². The lowest BCUT2D eigenvalue weighted by Gasteiger charge is -2.16. The molecule has 0 bridgehead atoms. The summed E-state index contributed by atoms with van der Waals surface area (Å²) in [6, 6.07) is 20.9. The molecule has 2 N–H and O–H groups in total. The van der Waals surface area contributed by atoms with E-state index in [0.717, 1.165) is 5.69 Å². The minimum absolute atomic E-state index is 0.101. The second-order valence-corrected chi connectivity index (χ2v) is 13.0. The van der Waals surface area contributed by atoms with Crippen LogP contribution < -0.4 is 21.8 Å². The summed E-state index contributed by atoms with van der Waals surface area (Å²) < 4.78 is 2.62. The average molecular weight is 786 g/mol. The van der Waals surface area contributed by atoms with Gasteiger partial charge in [-0.3, -0.25) is 24.2 Å². The van der Waals surface area contributed by atoms with Crippen molar-refractivity contribution in [3.8, 4) is 22.5 Å². The zero-order chi connectivity index (χ0) is 39.1. The van der Waals surface area contributed by atoms with Crippen LogP contribution in [0.25, 0.3) is 22.5 Å². The first kappa shape index (κ1) is 39.5. The third-order valence-electron chi connectivity index (χ3n) is 8.10. The van der Waals surface area contributed by atoms with Crippen molar-refractivity contribution in [1.82, 2.24) is 29.5 Å². The number of rotatable bonds is 10. The molecule has 0 atom stereocenters. The largest absolute Gasteiger partial charge is 0.349 e. The Balaban J connectivity index is 0.000000208. The molecule has 276 valence electrons. The van der Waals surface area contributed by atoms with Crippen LogP contribution in [0.2, 0.25) is 15.2 Å². The molecule has 15 heteroatoms. The Morgan fingerprint density at radius 3 is 1.50 bits per heavy atom. The summed E-state index contributed by atoms with van der Waals surface area (Å²) in [5.74, 6) is -0.567. The monoisotopic (exact) mass is 784 g/mol. The SMILES string of the molecule is CCn1nc(-c2cccc(Cl)c2)c(C(C)=O)c(Nc2cccnc2C)c1=O.CCn1nc(-c2cccc(Cl)c2)c(C(C)=O)c(Nc2cccnc2Cl)c1=O. The normalized spacial score (nSPS) is 10.7. The Bertz CT molecular complexity index is 2330. The van der Waals surface area contributed by atoms with Gasteiger partial charge in [0.05, 0.1) is 28.2 Å². The van der Waals surface area contributed by atoms with E-state index >= 15 is 0 Å². The van der Waals surface area contributed by atoms with Crippen LogP contribution >= 0.6 is 34.8 Å². The molecule has 2 aromatic carbocycles. The van der Waals surface area contributed by atoms with E-state index in [-0.39, 0.29) is 44.8 Å². The standard InChI is InChI=1S/C20H19ClN4O2.C19H16Cl2N4O2/c1-4-25-20(27)19(23-16-9-6-10-22-12(16)2)17(13(3)26)18(24-25)14-7-5-8-15(21)11-14;1-3-25-19(27)17(23-14-8-5-9-22-18(14)21)15(11(2)26)16(24-25)12-6-4-7-13(20)10-12/h5-11,23H,4H2,1-3H3;4-10,23H,3H2,1-2H3. The minimum Gasteiger partial charge on any atom is -0.349 e. The molecular weight excluding hydrogens is 751 g/mol. The zero-order valence-electron chi connectivity index (χ0n) is 29.9. The third-order valence-corrected chi connectivity index (χ3v) is 8.87. The molecule has 6 rings (SSSR count). The van der Waals surface area contributed by atoms with Gasteiger partial charge in [-0.2, -0.15) is 10.2 Å². The van der Waals surface area contributed by atoms with Crippen molar-refractivity contribution in [2.45, 2.75) is 47.7 Å². The Kier molecular flexibility index (Phi) is 12.8. The lowest BCUT2D eigenvalue weighted by Crippen LogP contribution is -2.28. The molecule has 4 aromatic heterocycles. The van der Waals surface area contributed by atoms with E-state index in [1.165, 1.54) is 29.4 Å². The maximum absolute atomic E-state index is 12.9. The molecule has 0 aliphatic rings. The van der Waals surface area contributed by atoms with Gasteiger partial charge in [-0.05, 0) is 83.1 Å². The van der Waals surface area contributed by atoms with Crippen molar-refractivity contribution in [1.29, 1.82) is 0 Å². The Morgan fingerprint density at radius 1 is 0.648 bits per heavy atom. The molecule has 0 aliphatic carbocycles. The van der Waals surface area contributed by atoms with E-state index < -0.39 is 5.56 Å². The predicted octanol–water partition coefficient (Wildman–Crippen LogP) is 8.81. The first-order chi connectivity index (χ1) is 25.8. The van der Waals surface area contributed by atoms with Crippen LogP contribution in [0.1, 0.15) is 54.1 Å². The van der Waals surface area contributed by atoms with Gasteiger partial charge in [0, 0.05) is 46.7 Å². The van der Waals surface area contributed by atoms with Crippen molar-refractivity contribution in [2.75, 3.05) is 10.6 Å². The van der Waals surface area contributed by atoms with Crippen molar-refractivity contribution in [3.05, 3.63) is 138 Å². The molecule has 0 saturated heterocycles. The Labute approximate surface area is 325 Å². The molecule has 54 heavy (non-hydrogen) atoms. The molecule has 0 fully saturated rings. The number of aryl methyl sites for hydroxylation is 3. The minimum atomic E-state index is -0.423. The molecule has 6 aromatic rings. The number of benzene rings is 2. The van der Waals surface area contributed by atoms with Gasteiger partial charge in [-0.15, -0.1) is 0 Å². The van der Waals surface area contributed by atoms with Crippen LogP contribution in [-0.2, 0) is 13.1 Å². The van der Waals surface area contributed by atoms with Crippen molar-refractivity contribution >= 4 is 69.1 Å². The number of nitrogens with one attached hydrogen (secondary N) is 2. The van der Waals surface area contributed by atoms with Gasteiger partial charge in [-0.25, -0.2) is 14.3 Å². The van der Waals surface area contributed by atoms with E-state index in [2.05, 4.69) is 30.8 Å². The summed E-state index contributed by atoms with van der Waals surface area (Å²) >= 11 is 18.3. The number of pyridine rings is 2. The highest BCUT2D eigenvalue weighted by Crippen LogP contribution is 2.32. The average Bonchev–Trinajstić information content (AvgIpc) is 3.14. The summed E-state index contributed by atoms with van der Waals surface area (Å²) in [4.78, 5) is 59.0. The van der Waals surface area contributed by atoms with E-state index in [9.17, 15) is 19.2 Å².